The Bertz CT molecular complexity index is 814. The predicted molar refractivity (Wildman–Crippen MR) is 113 cm³/mol. The number of likely N-dealkylation sites (tertiary alicyclic amines) is 1. The molecule has 0 atom stereocenters. The van der Waals surface area contributed by atoms with Gasteiger partial charge in [-0.2, -0.15) is 0 Å². The summed E-state index contributed by atoms with van der Waals surface area (Å²) in [6, 6.07) is 4.45. The molecule has 2 fully saturated rings. The molecule has 1 aromatic carbocycles. The van der Waals surface area contributed by atoms with Gasteiger partial charge in [-0.3, -0.25) is 4.79 Å². The first-order valence-electron chi connectivity index (χ1n) is 10.6. The summed E-state index contributed by atoms with van der Waals surface area (Å²) < 4.78 is 40.9. The van der Waals surface area contributed by atoms with Crippen molar-refractivity contribution in [2.45, 2.75) is 63.7 Å². The molecule has 0 unspecified atom stereocenters. The van der Waals surface area contributed by atoms with Crippen LogP contribution in [0, 0.1) is 11.7 Å². The van der Waals surface area contributed by atoms with E-state index in [1.807, 2.05) is 0 Å². The molecule has 2 N–H and O–H groups in total. The van der Waals surface area contributed by atoms with Gasteiger partial charge in [-0.05, 0) is 76.5 Å². The van der Waals surface area contributed by atoms with E-state index >= 15 is 0 Å². The summed E-state index contributed by atoms with van der Waals surface area (Å²) in [4.78, 5) is 14.3. The van der Waals surface area contributed by atoms with Gasteiger partial charge in [0.05, 0.1) is 5.25 Å². The molecule has 6 nitrogen and oxygen atoms in total. The summed E-state index contributed by atoms with van der Waals surface area (Å²) in [7, 11) is -3.24. The number of sulfonamides is 1. The van der Waals surface area contributed by atoms with Crippen molar-refractivity contribution in [3.8, 4) is 0 Å². The third-order valence-electron chi connectivity index (χ3n) is 5.93. The van der Waals surface area contributed by atoms with Crippen molar-refractivity contribution in [3.63, 3.8) is 0 Å². The first kappa shape index (κ1) is 22.0. The number of benzene rings is 1. The number of hydrogen-bond acceptors (Lipinski definition) is 4. The van der Waals surface area contributed by atoms with Gasteiger partial charge >= 0.3 is 0 Å². The summed E-state index contributed by atoms with van der Waals surface area (Å²) in [5.74, 6) is -0.122. The minimum atomic E-state index is -3.24. The van der Waals surface area contributed by atoms with E-state index in [4.69, 9.17) is 0 Å². The van der Waals surface area contributed by atoms with Crippen LogP contribution in [0.25, 0.3) is 0 Å². The van der Waals surface area contributed by atoms with Crippen molar-refractivity contribution >= 4 is 21.6 Å². The van der Waals surface area contributed by atoms with E-state index in [0.29, 0.717) is 23.7 Å². The quantitative estimate of drug-likeness (QED) is 0.702. The van der Waals surface area contributed by atoms with Gasteiger partial charge in [-0.1, -0.05) is 0 Å². The molecule has 1 saturated carbocycles. The first-order valence-corrected chi connectivity index (χ1v) is 12.1. The molecule has 1 aliphatic carbocycles. The van der Waals surface area contributed by atoms with Crippen LogP contribution in [0.5, 0.6) is 0 Å². The second-order valence-corrected chi connectivity index (χ2v) is 10.8. The van der Waals surface area contributed by atoms with Crippen molar-refractivity contribution in [3.05, 3.63) is 29.6 Å². The number of amides is 1. The van der Waals surface area contributed by atoms with Gasteiger partial charge in [-0.25, -0.2) is 17.5 Å². The van der Waals surface area contributed by atoms with Crippen molar-refractivity contribution in [1.29, 1.82) is 0 Å². The number of nitrogens with one attached hydrogen (secondary N) is 2. The lowest BCUT2D eigenvalue weighted by Crippen LogP contribution is -2.41. The summed E-state index contributed by atoms with van der Waals surface area (Å²) in [6.45, 7) is 5.52. The average Bonchev–Trinajstić information content (AvgIpc) is 3.21. The Hall–Kier alpha value is -1.67. The number of hydrogen-bond donors (Lipinski definition) is 2. The van der Waals surface area contributed by atoms with Crippen LogP contribution in [0.15, 0.2) is 18.2 Å². The van der Waals surface area contributed by atoms with Crippen molar-refractivity contribution in [1.82, 2.24) is 9.62 Å². The Labute approximate surface area is 173 Å². The highest BCUT2D eigenvalue weighted by Gasteiger charge is 2.26. The van der Waals surface area contributed by atoms with Crippen molar-refractivity contribution < 1.29 is 17.6 Å². The summed E-state index contributed by atoms with van der Waals surface area (Å²) >= 11 is 0. The van der Waals surface area contributed by atoms with Gasteiger partial charge in [0.2, 0.25) is 10.0 Å². The molecule has 1 amide bonds. The zero-order valence-corrected chi connectivity index (χ0v) is 18.1. The topological polar surface area (TPSA) is 78.5 Å². The Morgan fingerprint density at radius 1 is 1.14 bits per heavy atom. The fraction of sp³-hybridized carbons (Fsp3) is 0.667. The molecule has 2 aliphatic rings. The fourth-order valence-corrected chi connectivity index (χ4v) is 5.01. The average molecular weight is 426 g/mol. The first-order chi connectivity index (χ1) is 13.7. The Morgan fingerprint density at radius 3 is 2.41 bits per heavy atom. The molecule has 29 heavy (non-hydrogen) atoms. The van der Waals surface area contributed by atoms with Crippen LogP contribution >= 0.6 is 0 Å². The molecule has 1 saturated heterocycles. The van der Waals surface area contributed by atoms with Crippen LogP contribution in [-0.4, -0.2) is 50.2 Å². The maximum Gasteiger partial charge on any atom is 0.254 e. The number of anilines is 1. The highest BCUT2D eigenvalue weighted by molar-refractivity contribution is 7.90. The number of carbonyl (C=O) groups excluding carboxylic acids is 1. The molecular weight excluding hydrogens is 393 g/mol. The van der Waals surface area contributed by atoms with Gasteiger partial charge in [0.15, 0.2) is 0 Å². The van der Waals surface area contributed by atoms with Crippen LogP contribution < -0.4 is 10.0 Å². The number of carbonyl (C=O) groups is 1. The third-order valence-corrected chi connectivity index (χ3v) is 7.83. The minimum Gasteiger partial charge on any atom is -0.385 e. The van der Waals surface area contributed by atoms with E-state index in [1.165, 1.54) is 12.1 Å². The van der Waals surface area contributed by atoms with E-state index < -0.39 is 21.1 Å². The smallest absolute Gasteiger partial charge is 0.254 e. The molecule has 162 valence electrons. The van der Waals surface area contributed by atoms with Crippen LogP contribution in [0.1, 0.15) is 62.7 Å². The Kier molecular flexibility index (Phi) is 7.16. The zero-order chi connectivity index (χ0) is 21.0. The highest BCUT2D eigenvalue weighted by Crippen LogP contribution is 2.26. The lowest BCUT2D eigenvalue weighted by molar-refractivity contribution is 0.0792. The second-order valence-electron chi connectivity index (χ2n) is 8.54. The van der Waals surface area contributed by atoms with Crippen molar-refractivity contribution in [2.75, 3.05) is 25.0 Å². The number of rotatable bonds is 7. The summed E-state index contributed by atoms with van der Waals surface area (Å²) in [5, 5.41) is 2.85. The normalized spacial score (nSPS) is 22.8. The SMILES string of the molecule is CC(C)S(=O)(=O)N[C@H]1CC[C@H](CNc2cc(F)cc(C(=O)N3CCCC3)c2)CC1. The van der Waals surface area contributed by atoms with E-state index in [-0.39, 0.29) is 11.9 Å². The molecule has 1 aromatic rings. The standard InChI is InChI=1S/C21H32FN3O3S/c1-15(2)29(27,28)24-19-7-5-16(6-8-19)14-23-20-12-17(11-18(22)13-20)21(26)25-9-3-4-10-25/h11-13,15-16,19,23-24H,3-10,14H2,1-2H3/t16-,19-. The molecule has 8 heteroatoms. The Morgan fingerprint density at radius 2 is 1.79 bits per heavy atom. The van der Waals surface area contributed by atoms with Crippen LogP contribution in [-0.2, 0) is 10.0 Å². The van der Waals surface area contributed by atoms with E-state index in [1.54, 1.807) is 24.8 Å². The van der Waals surface area contributed by atoms with Crippen molar-refractivity contribution in [2.24, 2.45) is 5.92 Å². The molecule has 3 rings (SSSR count). The minimum absolute atomic E-state index is 0.00231. The van der Waals surface area contributed by atoms with Gasteiger partial charge in [0.1, 0.15) is 5.82 Å². The van der Waals surface area contributed by atoms with E-state index in [9.17, 15) is 17.6 Å². The number of nitrogens with zero attached hydrogens (tertiary/aromatic N) is 1. The zero-order valence-electron chi connectivity index (χ0n) is 17.3. The largest absolute Gasteiger partial charge is 0.385 e. The van der Waals surface area contributed by atoms with Gasteiger partial charge < -0.3 is 10.2 Å². The predicted octanol–water partition coefficient (Wildman–Crippen LogP) is 3.36. The molecule has 1 aliphatic heterocycles. The van der Waals surface area contributed by atoms with Gasteiger partial charge in [-0.15, -0.1) is 0 Å². The van der Waals surface area contributed by atoms with Crippen LogP contribution in [0.4, 0.5) is 10.1 Å². The maximum absolute atomic E-state index is 14.0. The lowest BCUT2D eigenvalue weighted by Gasteiger charge is -2.29. The number of halogens is 1. The van der Waals surface area contributed by atoms with E-state index in [2.05, 4.69) is 10.0 Å². The van der Waals surface area contributed by atoms with E-state index in [0.717, 1.165) is 51.6 Å². The highest BCUT2D eigenvalue weighted by atomic mass is 32.2. The molecular formula is C21H32FN3O3S. The molecule has 0 bridgehead atoms. The van der Waals surface area contributed by atoms with Crippen LogP contribution in [0.3, 0.4) is 0 Å². The fourth-order valence-electron chi connectivity index (χ4n) is 4.03. The second kappa shape index (κ2) is 9.43. The molecule has 1 heterocycles. The summed E-state index contributed by atoms with van der Waals surface area (Å²) in [6.07, 6.45) is 5.44. The maximum atomic E-state index is 14.0. The van der Waals surface area contributed by atoms with Gasteiger partial charge in [0.25, 0.3) is 5.91 Å². The summed E-state index contributed by atoms with van der Waals surface area (Å²) in [5.41, 5.74) is 1.01. The molecule has 0 radical (unpaired) electrons. The Balaban J connectivity index is 1.51. The van der Waals surface area contributed by atoms with Crippen LogP contribution in [0.2, 0.25) is 0 Å². The third kappa shape index (κ3) is 5.92. The van der Waals surface area contributed by atoms with Gasteiger partial charge in [0, 0.05) is 36.9 Å². The molecule has 0 aromatic heterocycles. The molecule has 0 spiro atoms. The lowest BCUT2D eigenvalue weighted by atomic mass is 9.86. The monoisotopic (exact) mass is 425 g/mol.